The smallest absolute Gasteiger partial charge is 0.0618 e. The van der Waals surface area contributed by atoms with Gasteiger partial charge in [0, 0.05) is 44.0 Å². The topological polar surface area (TPSA) is 6.48 Å². The van der Waals surface area contributed by atoms with Crippen molar-refractivity contribution in [1.29, 1.82) is 0 Å². The molecule has 2 nitrogen and oxygen atoms in total. The molecular weight excluding hydrogens is 1010 g/mol. The molecule has 0 saturated carbocycles. The van der Waals surface area contributed by atoms with E-state index >= 15 is 0 Å². The number of fused-ring (bicyclic) bond motifs is 2. The molecule has 0 bridgehead atoms. The van der Waals surface area contributed by atoms with Crippen LogP contribution in [0.1, 0.15) is 72.9 Å². The van der Waals surface area contributed by atoms with E-state index in [1.54, 1.807) is 0 Å². The minimum absolute atomic E-state index is 0.207. The van der Waals surface area contributed by atoms with Crippen LogP contribution in [0.25, 0.3) is 98.4 Å². The second-order valence-corrected chi connectivity index (χ2v) is 24.0. The van der Waals surface area contributed by atoms with E-state index in [1.807, 2.05) is 0 Å². The van der Waals surface area contributed by atoms with Crippen LogP contribution in [0.2, 0.25) is 0 Å². The van der Waals surface area contributed by atoms with E-state index in [0.717, 1.165) is 34.1 Å². The predicted octanol–water partition coefficient (Wildman–Crippen LogP) is 24.0. The molecule has 0 aliphatic rings. The normalized spacial score (nSPS) is 11.8. The van der Waals surface area contributed by atoms with Gasteiger partial charge in [-0.25, -0.2) is 0 Å². The van der Waals surface area contributed by atoms with Gasteiger partial charge in [-0.05, 0) is 187 Å². The molecule has 14 aromatic carbocycles. The highest BCUT2D eigenvalue weighted by Gasteiger charge is 2.30. The van der Waals surface area contributed by atoms with Crippen molar-refractivity contribution in [2.45, 2.75) is 67.2 Å². The Labute approximate surface area is 494 Å². The first-order valence-corrected chi connectivity index (χ1v) is 29.9. The summed E-state index contributed by atoms with van der Waals surface area (Å²) in [4.78, 5) is 5.27. The van der Waals surface area contributed by atoms with Gasteiger partial charge in [0.15, 0.2) is 0 Å². The Morgan fingerprint density at radius 1 is 0.262 bits per heavy atom. The fourth-order valence-corrected chi connectivity index (χ4v) is 13.7. The van der Waals surface area contributed by atoms with E-state index in [1.165, 1.54) is 132 Å². The van der Waals surface area contributed by atoms with Crippen LogP contribution in [-0.4, -0.2) is 0 Å². The van der Waals surface area contributed by atoms with Gasteiger partial charge in [0.25, 0.3) is 0 Å². The van der Waals surface area contributed by atoms with Crippen LogP contribution in [0.4, 0.5) is 34.1 Å². The molecule has 2 heteroatoms. The SMILES string of the molecule is Cc1cc(C)cc(N(c2c(-c3ccccc3)ccc3ccc(-c4ccccc4)cc23)c2cc(C(C)C)c3ccc4c(N(c5cc(C)cc(C)c5)c5c(-c6ccccc6)ccc6ccc(-c7ccccc7)cc56)cc(C(C)C)c5ccc2c3c54)c1. The standard InChI is InChI=1S/C82H68N2/c1-51(2)73-49-77(83(65-43-53(5)41-54(6)44-65)81-67(59-25-17-11-18-26-59)35-33-61-29-31-63(47-75(61)81)57-21-13-9-14-22-57)71-40-38-70-74(52(3)4)50-78(72-39-37-69(73)79(71)80(70)72)84(66-45-55(7)42-56(8)46-66)82-68(60-27-19-12-20-28-60)36-34-62-30-32-64(48-76(62)82)58-23-15-10-16-24-58/h9-52H,1-8H3. The molecule has 0 spiro atoms. The molecule has 0 aliphatic heterocycles. The third kappa shape index (κ3) is 9.14. The second kappa shape index (κ2) is 21.2. The molecule has 0 aliphatic carbocycles. The molecule has 0 aromatic heterocycles. The Morgan fingerprint density at radius 3 is 0.929 bits per heavy atom. The Bertz CT molecular complexity index is 4450. The van der Waals surface area contributed by atoms with Gasteiger partial charge in [-0.1, -0.05) is 234 Å². The molecule has 0 heterocycles. The van der Waals surface area contributed by atoms with Crippen molar-refractivity contribution in [2.75, 3.05) is 9.80 Å². The van der Waals surface area contributed by atoms with Crippen LogP contribution < -0.4 is 9.80 Å². The van der Waals surface area contributed by atoms with Crippen LogP contribution >= 0.6 is 0 Å². The van der Waals surface area contributed by atoms with Gasteiger partial charge in [-0.2, -0.15) is 0 Å². The molecule has 0 atom stereocenters. The van der Waals surface area contributed by atoms with Crippen molar-refractivity contribution in [2.24, 2.45) is 0 Å². The molecule has 0 amide bonds. The van der Waals surface area contributed by atoms with Crippen LogP contribution in [0.5, 0.6) is 0 Å². The zero-order valence-electron chi connectivity index (χ0n) is 49.3. The summed E-state index contributed by atoms with van der Waals surface area (Å²) in [6, 6.07) is 96.2. The highest BCUT2D eigenvalue weighted by atomic mass is 15.2. The highest BCUT2D eigenvalue weighted by molar-refractivity contribution is 6.30. The van der Waals surface area contributed by atoms with Gasteiger partial charge in [0.1, 0.15) is 0 Å². The summed E-state index contributed by atoms with van der Waals surface area (Å²) < 4.78 is 0. The third-order valence-corrected chi connectivity index (χ3v) is 17.4. The van der Waals surface area contributed by atoms with Gasteiger partial charge >= 0.3 is 0 Å². The van der Waals surface area contributed by atoms with Crippen LogP contribution in [0, 0.1) is 27.7 Å². The van der Waals surface area contributed by atoms with Crippen LogP contribution in [-0.2, 0) is 0 Å². The number of benzene rings is 14. The van der Waals surface area contributed by atoms with Crippen LogP contribution in [0.15, 0.2) is 255 Å². The summed E-state index contributed by atoms with van der Waals surface area (Å²) in [5.74, 6) is 0.415. The Hall–Kier alpha value is -9.76. The minimum atomic E-state index is 0.207. The number of anilines is 6. The van der Waals surface area contributed by atoms with Crippen molar-refractivity contribution < 1.29 is 0 Å². The average Bonchev–Trinajstić information content (AvgIpc) is 1.34. The highest BCUT2D eigenvalue weighted by Crippen LogP contribution is 2.55. The summed E-state index contributed by atoms with van der Waals surface area (Å²) in [6.45, 7) is 18.5. The van der Waals surface area contributed by atoms with Crippen molar-refractivity contribution in [1.82, 2.24) is 0 Å². The van der Waals surface area contributed by atoms with Gasteiger partial charge in [-0.3, -0.25) is 0 Å². The molecule has 0 unspecified atom stereocenters. The lowest BCUT2D eigenvalue weighted by molar-refractivity contribution is 0.875. The Kier molecular flexibility index (Phi) is 13.2. The molecule has 0 saturated heterocycles. The zero-order chi connectivity index (χ0) is 57.3. The van der Waals surface area contributed by atoms with Gasteiger partial charge in [-0.15, -0.1) is 0 Å². The van der Waals surface area contributed by atoms with Crippen LogP contribution in [0.3, 0.4) is 0 Å². The maximum Gasteiger partial charge on any atom is 0.0618 e. The lowest BCUT2D eigenvalue weighted by Crippen LogP contribution is -2.15. The summed E-state index contributed by atoms with van der Waals surface area (Å²) in [5.41, 5.74) is 23.9. The van der Waals surface area contributed by atoms with E-state index in [-0.39, 0.29) is 11.8 Å². The van der Waals surface area contributed by atoms with Gasteiger partial charge in [0.2, 0.25) is 0 Å². The molecule has 0 fully saturated rings. The summed E-state index contributed by atoms with van der Waals surface area (Å²) >= 11 is 0. The van der Waals surface area contributed by atoms with E-state index in [2.05, 4.69) is 320 Å². The first kappa shape index (κ1) is 52.3. The Morgan fingerprint density at radius 2 is 0.583 bits per heavy atom. The number of rotatable bonds is 12. The van der Waals surface area contributed by atoms with Gasteiger partial charge < -0.3 is 9.80 Å². The van der Waals surface area contributed by atoms with E-state index in [4.69, 9.17) is 0 Å². The quantitative estimate of drug-likeness (QED) is 0.113. The Balaban J connectivity index is 1.14. The lowest BCUT2D eigenvalue weighted by atomic mass is 9.83. The number of hydrogen-bond acceptors (Lipinski definition) is 2. The largest absolute Gasteiger partial charge is 0.309 e. The summed E-state index contributed by atoms with van der Waals surface area (Å²) in [7, 11) is 0. The van der Waals surface area contributed by atoms with Crippen molar-refractivity contribution in [3.05, 3.63) is 288 Å². The maximum absolute atomic E-state index is 2.63. The van der Waals surface area contributed by atoms with E-state index < -0.39 is 0 Å². The molecule has 14 aromatic rings. The minimum Gasteiger partial charge on any atom is -0.309 e. The number of aryl methyl sites for hydroxylation is 4. The fourth-order valence-electron chi connectivity index (χ4n) is 13.7. The average molecular weight is 1080 g/mol. The first-order valence-electron chi connectivity index (χ1n) is 29.9. The lowest BCUT2D eigenvalue weighted by Gasteiger charge is -2.34. The van der Waals surface area contributed by atoms with E-state index in [0.29, 0.717) is 0 Å². The molecular formula is C82H68N2. The van der Waals surface area contributed by atoms with Crippen molar-refractivity contribution in [3.63, 3.8) is 0 Å². The monoisotopic (exact) mass is 1080 g/mol. The fraction of sp³-hybridized carbons (Fsp3) is 0.122. The molecule has 0 N–H and O–H groups in total. The summed E-state index contributed by atoms with van der Waals surface area (Å²) in [6.07, 6.45) is 0. The van der Waals surface area contributed by atoms with E-state index in [9.17, 15) is 0 Å². The molecule has 14 rings (SSSR count). The third-order valence-electron chi connectivity index (χ3n) is 17.4. The summed E-state index contributed by atoms with van der Waals surface area (Å²) in [5, 5.41) is 12.4. The first-order chi connectivity index (χ1) is 40.9. The van der Waals surface area contributed by atoms with Crippen molar-refractivity contribution in [3.8, 4) is 44.5 Å². The molecule has 0 radical (unpaired) electrons. The zero-order valence-corrected chi connectivity index (χ0v) is 49.3. The maximum atomic E-state index is 2.63. The molecule has 406 valence electrons. The van der Waals surface area contributed by atoms with Gasteiger partial charge in [0.05, 0.1) is 22.7 Å². The number of nitrogens with zero attached hydrogens (tertiary/aromatic N) is 2. The second-order valence-electron chi connectivity index (χ2n) is 24.0. The van der Waals surface area contributed by atoms with Crippen molar-refractivity contribution >= 4 is 88.0 Å². The predicted molar refractivity (Wildman–Crippen MR) is 363 cm³/mol. The molecule has 84 heavy (non-hydrogen) atoms. The number of hydrogen-bond donors (Lipinski definition) is 0.